The number of nitrogens with one attached hydrogen (secondary N) is 1. The van der Waals surface area contributed by atoms with Crippen molar-refractivity contribution < 1.29 is 9.53 Å². The van der Waals surface area contributed by atoms with Gasteiger partial charge in [-0.1, -0.05) is 18.2 Å². The van der Waals surface area contributed by atoms with Gasteiger partial charge in [0.15, 0.2) is 5.82 Å². The van der Waals surface area contributed by atoms with Gasteiger partial charge in [-0.3, -0.25) is 14.8 Å². The Morgan fingerprint density at radius 2 is 2.09 bits per heavy atom. The zero-order chi connectivity index (χ0) is 22.6. The molecule has 4 aromatic rings. The van der Waals surface area contributed by atoms with E-state index in [2.05, 4.69) is 19.9 Å². The molecule has 8 nitrogen and oxygen atoms in total. The molecule has 0 saturated carbocycles. The van der Waals surface area contributed by atoms with Crippen molar-refractivity contribution in [3.8, 4) is 17.3 Å². The summed E-state index contributed by atoms with van der Waals surface area (Å²) in [5, 5.41) is 0. The molecule has 1 fully saturated rings. The first-order valence-electron chi connectivity index (χ1n) is 10.9. The second-order valence-electron chi connectivity index (χ2n) is 7.95. The Balaban J connectivity index is 1.38. The highest BCUT2D eigenvalue weighted by atomic mass is 16.5. The first-order chi connectivity index (χ1) is 16.2. The summed E-state index contributed by atoms with van der Waals surface area (Å²) < 4.78 is 5.45. The number of methoxy groups -OCH3 is 1. The second kappa shape index (κ2) is 9.20. The summed E-state index contributed by atoms with van der Waals surface area (Å²) in [6.45, 7) is 0.681. The van der Waals surface area contributed by atoms with E-state index >= 15 is 0 Å². The molecule has 33 heavy (non-hydrogen) atoms. The van der Waals surface area contributed by atoms with E-state index < -0.39 is 0 Å². The van der Waals surface area contributed by atoms with Crippen molar-refractivity contribution in [3.63, 3.8) is 0 Å². The third kappa shape index (κ3) is 4.32. The lowest BCUT2D eigenvalue weighted by Crippen LogP contribution is -2.31. The molecule has 0 spiro atoms. The topological polar surface area (TPSA) is 96.9 Å². The summed E-state index contributed by atoms with van der Waals surface area (Å²) in [4.78, 5) is 36.2. The molecule has 0 radical (unpaired) electrons. The molecule has 1 unspecified atom stereocenters. The van der Waals surface area contributed by atoms with Crippen LogP contribution in [0.3, 0.4) is 0 Å². The Bertz CT molecular complexity index is 1260. The molecule has 1 aromatic carbocycles. The first-order valence-corrected chi connectivity index (χ1v) is 10.9. The number of amides is 1. The number of pyridine rings is 1. The van der Waals surface area contributed by atoms with Crippen molar-refractivity contribution in [1.82, 2.24) is 29.8 Å². The number of carbonyl (C=O) groups is 1. The molecule has 3 aromatic heterocycles. The predicted molar refractivity (Wildman–Crippen MR) is 123 cm³/mol. The van der Waals surface area contributed by atoms with Gasteiger partial charge in [-0.25, -0.2) is 9.97 Å². The SMILES string of the molecule is COc1ccccc1Cc1cc(C(=O)N2CCCC2c2cncc(-c3ncc[nH]3)n2)ccn1. The quantitative estimate of drug-likeness (QED) is 0.489. The Labute approximate surface area is 191 Å². The van der Waals surface area contributed by atoms with Gasteiger partial charge in [-0.15, -0.1) is 0 Å². The van der Waals surface area contributed by atoms with Gasteiger partial charge in [-0.2, -0.15) is 0 Å². The predicted octanol–water partition coefficient (Wildman–Crippen LogP) is 3.84. The van der Waals surface area contributed by atoms with Crippen LogP contribution < -0.4 is 4.74 Å². The molecule has 166 valence electrons. The number of aromatic nitrogens is 5. The Morgan fingerprint density at radius 3 is 2.94 bits per heavy atom. The maximum absolute atomic E-state index is 13.5. The number of nitrogens with zero attached hydrogens (tertiary/aromatic N) is 5. The molecule has 1 atom stereocenters. The number of aromatic amines is 1. The lowest BCUT2D eigenvalue weighted by Gasteiger charge is -2.24. The van der Waals surface area contributed by atoms with Gasteiger partial charge < -0.3 is 14.6 Å². The van der Waals surface area contributed by atoms with Crippen LogP contribution in [0.5, 0.6) is 5.75 Å². The maximum Gasteiger partial charge on any atom is 0.254 e. The normalized spacial score (nSPS) is 15.5. The van der Waals surface area contributed by atoms with Gasteiger partial charge in [0, 0.05) is 48.4 Å². The lowest BCUT2D eigenvalue weighted by atomic mass is 10.1. The van der Waals surface area contributed by atoms with E-state index in [4.69, 9.17) is 9.72 Å². The number of hydrogen-bond acceptors (Lipinski definition) is 6. The summed E-state index contributed by atoms with van der Waals surface area (Å²) >= 11 is 0. The summed E-state index contributed by atoms with van der Waals surface area (Å²) in [6.07, 6.45) is 10.9. The molecule has 0 bridgehead atoms. The number of rotatable bonds is 6. The molecule has 1 N–H and O–H groups in total. The zero-order valence-electron chi connectivity index (χ0n) is 18.3. The third-order valence-electron chi connectivity index (χ3n) is 5.88. The van der Waals surface area contributed by atoms with E-state index in [9.17, 15) is 4.79 Å². The third-order valence-corrected chi connectivity index (χ3v) is 5.88. The van der Waals surface area contributed by atoms with E-state index in [1.165, 1.54) is 0 Å². The highest BCUT2D eigenvalue weighted by Gasteiger charge is 2.32. The monoisotopic (exact) mass is 440 g/mol. The van der Waals surface area contributed by atoms with E-state index in [0.29, 0.717) is 30.0 Å². The van der Waals surface area contributed by atoms with Crippen LogP contribution in [0.2, 0.25) is 0 Å². The smallest absolute Gasteiger partial charge is 0.254 e. The average Bonchev–Trinajstić information content (AvgIpc) is 3.57. The van der Waals surface area contributed by atoms with Crippen molar-refractivity contribution in [3.05, 3.63) is 89.9 Å². The second-order valence-corrected chi connectivity index (χ2v) is 7.95. The van der Waals surface area contributed by atoms with E-state index in [0.717, 1.165) is 35.5 Å². The fraction of sp³-hybridized carbons (Fsp3) is 0.240. The largest absolute Gasteiger partial charge is 0.496 e. The highest BCUT2D eigenvalue weighted by molar-refractivity contribution is 5.94. The van der Waals surface area contributed by atoms with Crippen molar-refractivity contribution in [1.29, 1.82) is 0 Å². The number of para-hydroxylation sites is 1. The zero-order valence-corrected chi connectivity index (χ0v) is 18.3. The minimum atomic E-state index is -0.120. The molecule has 1 amide bonds. The Morgan fingerprint density at radius 1 is 1.18 bits per heavy atom. The maximum atomic E-state index is 13.5. The van der Waals surface area contributed by atoms with Gasteiger partial charge in [-0.05, 0) is 31.0 Å². The number of ether oxygens (including phenoxy) is 1. The molecule has 1 aliphatic rings. The van der Waals surface area contributed by atoms with Crippen LogP contribution in [-0.2, 0) is 6.42 Å². The summed E-state index contributed by atoms with van der Waals surface area (Å²) in [7, 11) is 1.66. The van der Waals surface area contributed by atoms with E-state index in [-0.39, 0.29) is 11.9 Å². The summed E-state index contributed by atoms with van der Waals surface area (Å²) in [5.74, 6) is 1.45. The van der Waals surface area contributed by atoms with Crippen LogP contribution in [0.25, 0.3) is 11.5 Å². The van der Waals surface area contributed by atoms with Gasteiger partial charge in [0.05, 0.1) is 31.2 Å². The number of benzene rings is 1. The molecule has 8 heteroatoms. The van der Waals surface area contributed by atoms with Crippen molar-refractivity contribution in [2.24, 2.45) is 0 Å². The van der Waals surface area contributed by atoms with Crippen LogP contribution in [0.15, 0.2) is 67.4 Å². The first kappa shape index (κ1) is 20.8. The van der Waals surface area contributed by atoms with Crippen LogP contribution >= 0.6 is 0 Å². The number of imidazole rings is 1. The lowest BCUT2D eigenvalue weighted by molar-refractivity contribution is 0.0732. The standard InChI is InChI=1S/C25H24N6O2/c1-33-23-7-3-2-5-17(23)13-19-14-18(8-9-27-19)25(32)31-12-4-6-22(31)20-15-26-16-21(30-20)24-28-10-11-29-24/h2-3,5,7-11,14-16,22H,4,6,12-13H2,1H3,(H,28,29). The molecule has 1 saturated heterocycles. The fourth-order valence-electron chi connectivity index (χ4n) is 4.30. The average molecular weight is 441 g/mol. The molecule has 1 aliphatic heterocycles. The van der Waals surface area contributed by atoms with Crippen LogP contribution in [-0.4, -0.2) is 49.4 Å². The van der Waals surface area contributed by atoms with Crippen LogP contribution in [0.1, 0.15) is 46.2 Å². The Hall–Kier alpha value is -4.07. The van der Waals surface area contributed by atoms with E-state index in [1.54, 1.807) is 44.2 Å². The van der Waals surface area contributed by atoms with Crippen molar-refractivity contribution >= 4 is 5.91 Å². The van der Waals surface area contributed by atoms with Crippen molar-refractivity contribution in [2.75, 3.05) is 13.7 Å². The molecule has 4 heterocycles. The number of H-pyrrole nitrogens is 1. The van der Waals surface area contributed by atoms with Gasteiger partial charge in [0.1, 0.15) is 11.4 Å². The van der Waals surface area contributed by atoms with Gasteiger partial charge in [0.25, 0.3) is 5.91 Å². The van der Waals surface area contributed by atoms with Gasteiger partial charge in [0.2, 0.25) is 0 Å². The summed E-state index contributed by atoms with van der Waals surface area (Å²) in [5.41, 5.74) is 3.91. The number of carbonyl (C=O) groups excluding carboxylic acids is 1. The minimum Gasteiger partial charge on any atom is -0.496 e. The molecule has 0 aliphatic carbocycles. The fourth-order valence-corrected chi connectivity index (χ4v) is 4.30. The van der Waals surface area contributed by atoms with Crippen LogP contribution in [0, 0.1) is 0 Å². The van der Waals surface area contributed by atoms with E-state index in [1.807, 2.05) is 35.2 Å². The highest BCUT2D eigenvalue weighted by Crippen LogP contribution is 2.32. The molecule has 5 rings (SSSR count). The molecular weight excluding hydrogens is 416 g/mol. The number of hydrogen-bond donors (Lipinski definition) is 1. The Kier molecular flexibility index (Phi) is 5.80. The minimum absolute atomic E-state index is 0.0219. The van der Waals surface area contributed by atoms with Crippen molar-refractivity contribution in [2.45, 2.75) is 25.3 Å². The molecular formula is C25H24N6O2. The summed E-state index contributed by atoms with van der Waals surface area (Å²) in [6, 6.07) is 11.4. The number of likely N-dealkylation sites (tertiary alicyclic amines) is 1. The van der Waals surface area contributed by atoms with Crippen LogP contribution in [0.4, 0.5) is 0 Å². The van der Waals surface area contributed by atoms with Gasteiger partial charge >= 0.3 is 0 Å².